The summed E-state index contributed by atoms with van der Waals surface area (Å²) in [7, 11) is 0. The highest BCUT2D eigenvalue weighted by molar-refractivity contribution is 5.67. The van der Waals surface area contributed by atoms with Crippen LogP contribution in [0, 0.1) is 11.3 Å². The highest BCUT2D eigenvalue weighted by Crippen LogP contribution is 2.46. The van der Waals surface area contributed by atoms with Crippen molar-refractivity contribution in [2.75, 3.05) is 13.1 Å². The topological polar surface area (TPSA) is 49.3 Å². The maximum Gasteiger partial charge on any atom is 0.303 e. The second-order valence-electron chi connectivity index (χ2n) is 5.52. The van der Waals surface area contributed by atoms with Crippen LogP contribution in [0.25, 0.3) is 0 Å². The molecular formula is C13H23NO2. The Bertz CT molecular complexity index is 240. The maximum absolute atomic E-state index is 11.1. The molecule has 2 aliphatic rings. The molecule has 2 rings (SSSR count). The van der Waals surface area contributed by atoms with Crippen molar-refractivity contribution < 1.29 is 9.90 Å². The van der Waals surface area contributed by atoms with Crippen LogP contribution in [0.1, 0.15) is 51.4 Å². The SMILES string of the molecule is O=C(O)CC1(C2CCCCC2)CCNCC1. The van der Waals surface area contributed by atoms with Crippen LogP contribution in [-0.4, -0.2) is 24.2 Å². The van der Waals surface area contributed by atoms with Crippen molar-refractivity contribution in [1.29, 1.82) is 0 Å². The number of piperidine rings is 1. The van der Waals surface area contributed by atoms with Gasteiger partial charge in [0.25, 0.3) is 0 Å². The summed E-state index contributed by atoms with van der Waals surface area (Å²) >= 11 is 0. The predicted molar refractivity (Wildman–Crippen MR) is 63.4 cm³/mol. The van der Waals surface area contributed by atoms with Gasteiger partial charge in [-0.05, 0) is 50.1 Å². The Morgan fingerprint density at radius 1 is 1.19 bits per heavy atom. The number of hydrogen-bond donors (Lipinski definition) is 2. The van der Waals surface area contributed by atoms with Gasteiger partial charge in [0.1, 0.15) is 0 Å². The van der Waals surface area contributed by atoms with Gasteiger partial charge in [-0.1, -0.05) is 19.3 Å². The van der Waals surface area contributed by atoms with Crippen molar-refractivity contribution in [2.24, 2.45) is 11.3 Å². The number of carboxylic acid groups (broad SMARTS) is 1. The average molecular weight is 225 g/mol. The molecule has 92 valence electrons. The van der Waals surface area contributed by atoms with Crippen LogP contribution in [0.2, 0.25) is 0 Å². The molecule has 0 aromatic rings. The van der Waals surface area contributed by atoms with Crippen molar-refractivity contribution in [2.45, 2.75) is 51.4 Å². The molecule has 2 fully saturated rings. The van der Waals surface area contributed by atoms with E-state index in [1.54, 1.807) is 0 Å². The fourth-order valence-corrected chi connectivity index (χ4v) is 3.67. The molecule has 0 bridgehead atoms. The number of hydrogen-bond acceptors (Lipinski definition) is 2. The van der Waals surface area contributed by atoms with E-state index in [0.29, 0.717) is 12.3 Å². The lowest BCUT2D eigenvalue weighted by Crippen LogP contribution is -2.43. The standard InChI is InChI=1S/C13H23NO2/c15-12(16)10-13(6-8-14-9-7-13)11-4-2-1-3-5-11/h11,14H,1-10H2,(H,15,16). The summed E-state index contributed by atoms with van der Waals surface area (Å²) in [4.78, 5) is 11.1. The molecular weight excluding hydrogens is 202 g/mol. The summed E-state index contributed by atoms with van der Waals surface area (Å²) in [5, 5.41) is 12.5. The Morgan fingerprint density at radius 2 is 1.81 bits per heavy atom. The molecule has 1 heterocycles. The zero-order valence-electron chi connectivity index (χ0n) is 10.0. The summed E-state index contributed by atoms with van der Waals surface area (Å²) < 4.78 is 0. The van der Waals surface area contributed by atoms with Crippen molar-refractivity contribution in [1.82, 2.24) is 5.32 Å². The minimum Gasteiger partial charge on any atom is -0.481 e. The summed E-state index contributed by atoms with van der Waals surface area (Å²) in [6, 6.07) is 0. The zero-order valence-corrected chi connectivity index (χ0v) is 10.0. The summed E-state index contributed by atoms with van der Waals surface area (Å²) in [5.74, 6) is 0.0620. The van der Waals surface area contributed by atoms with Crippen LogP contribution in [0.4, 0.5) is 0 Å². The molecule has 3 nitrogen and oxygen atoms in total. The number of aliphatic carboxylic acids is 1. The highest BCUT2D eigenvalue weighted by atomic mass is 16.4. The lowest BCUT2D eigenvalue weighted by molar-refractivity contribution is -0.141. The second kappa shape index (κ2) is 5.17. The van der Waals surface area contributed by atoms with E-state index >= 15 is 0 Å². The minimum absolute atomic E-state index is 0.109. The first-order chi connectivity index (χ1) is 7.73. The Morgan fingerprint density at radius 3 is 2.38 bits per heavy atom. The summed E-state index contributed by atoms with van der Waals surface area (Å²) in [5.41, 5.74) is 0.109. The molecule has 1 saturated heterocycles. The molecule has 2 N–H and O–H groups in total. The minimum atomic E-state index is -0.604. The Balaban J connectivity index is 2.07. The van der Waals surface area contributed by atoms with Crippen LogP contribution in [0.3, 0.4) is 0 Å². The van der Waals surface area contributed by atoms with Crippen molar-refractivity contribution >= 4 is 5.97 Å². The molecule has 0 spiro atoms. The Labute approximate surface area is 97.6 Å². The zero-order chi connectivity index (χ0) is 11.4. The number of rotatable bonds is 3. The van der Waals surface area contributed by atoms with Crippen LogP contribution in [-0.2, 0) is 4.79 Å². The average Bonchev–Trinajstić information content (AvgIpc) is 2.30. The first-order valence-electron chi connectivity index (χ1n) is 6.65. The third-order valence-electron chi connectivity index (χ3n) is 4.57. The molecule has 0 radical (unpaired) electrons. The molecule has 16 heavy (non-hydrogen) atoms. The summed E-state index contributed by atoms with van der Waals surface area (Å²) in [6.07, 6.45) is 8.98. The number of carboxylic acids is 1. The van der Waals surface area contributed by atoms with E-state index in [4.69, 9.17) is 5.11 Å². The van der Waals surface area contributed by atoms with Gasteiger partial charge in [-0.25, -0.2) is 0 Å². The van der Waals surface area contributed by atoms with Crippen molar-refractivity contribution in [3.8, 4) is 0 Å². The predicted octanol–water partition coefficient (Wildman–Crippen LogP) is 2.41. The van der Waals surface area contributed by atoms with E-state index in [-0.39, 0.29) is 5.41 Å². The van der Waals surface area contributed by atoms with Crippen LogP contribution in [0.15, 0.2) is 0 Å². The molecule has 0 amide bonds. The molecule has 1 aliphatic heterocycles. The summed E-state index contributed by atoms with van der Waals surface area (Å²) in [6.45, 7) is 2.01. The molecule has 1 aliphatic carbocycles. The third kappa shape index (κ3) is 2.57. The number of carbonyl (C=O) groups is 1. The fourth-order valence-electron chi connectivity index (χ4n) is 3.67. The lowest BCUT2D eigenvalue weighted by atomic mass is 9.62. The first kappa shape index (κ1) is 11.9. The molecule has 0 aromatic carbocycles. The van der Waals surface area contributed by atoms with E-state index in [0.717, 1.165) is 25.9 Å². The molecule has 0 atom stereocenters. The van der Waals surface area contributed by atoms with E-state index in [2.05, 4.69) is 5.32 Å². The van der Waals surface area contributed by atoms with Gasteiger partial charge in [-0.3, -0.25) is 4.79 Å². The van der Waals surface area contributed by atoms with Crippen LogP contribution in [0.5, 0.6) is 0 Å². The molecule has 0 unspecified atom stereocenters. The second-order valence-corrected chi connectivity index (χ2v) is 5.52. The lowest BCUT2D eigenvalue weighted by Gasteiger charge is -2.44. The monoisotopic (exact) mass is 225 g/mol. The van der Waals surface area contributed by atoms with Crippen molar-refractivity contribution in [3.63, 3.8) is 0 Å². The quantitative estimate of drug-likeness (QED) is 0.775. The molecule has 0 aromatic heterocycles. The van der Waals surface area contributed by atoms with Gasteiger partial charge in [0, 0.05) is 0 Å². The normalized spacial score (nSPS) is 26.5. The van der Waals surface area contributed by atoms with Gasteiger partial charge in [-0.15, -0.1) is 0 Å². The molecule has 1 saturated carbocycles. The van der Waals surface area contributed by atoms with Gasteiger partial charge < -0.3 is 10.4 Å². The van der Waals surface area contributed by atoms with E-state index in [1.165, 1.54) is 32.1 Å². The maximum atomic E-state index is 11.1. The first-order valence-corrected chi connectivity index (χ1v) is 6.65. The van der Waals surface area contributed by atoms with Gasteiger partial charge in [-0.2, -0.15) is 0 Å². The fraction of sp³-hybridized carbons (Fsp3) is 0.923. The van der Waals surface area contributed by atoms with Gasteiger partial charge in [0.05, 0.1) is 6.42 Å². The van der Waals surface area contributed by atoms with Gasteiger partial charge in [0.2, 0.25) is 0 Å². The Hall–Kier alpha value is -0.570. The Kier molecular flexibility index (Phi) is 3.85. The van der Waals surface area contributed by atoms with Gasteiger partial charge in [0.15, 0.2) is 0 Å². The van der Waals surface area contributed by atoms with E-state index in [9.17, 15) is 4.79 Å². The van der Waals surface area contributed by atoms with E-state index in [1.807, 2.05) is 0 Å². The van der Waals surface area contributed by atoms with Crippen LogP contribution >= 0.6 is 0 Å². The third-order valence-corrected chi connectivity index (χ3v) is 4.57. The van der Waals surface area contributed by atoms with Gasteiger partial charge >= 0.3 is 5.97 Å². The smallest absolute Gasteiger partial charge is 0.303 e. The van der Waals surface area contributed by atoms with Crippen molar-refractivity contribution in [3.05, 3.63) is 0 Å². The van der Waals surface area contributed by atoms with E-state index < -0.39 is 5.97 Å². The van der Waals surface area contributed by atoms with Crippen LogP contribution < -0.4 is 5.32 Å². The largest absolute Gasteiger partial charge is 0.481 e. The molecule has 3 heteroatoms. The highest BCUT2D eigenvalue weighted by Gasteiger charge is 2.41. The number of nitrogens with one attached hydrogen (secondary N) is 1.